The van der Waals surface area contributed by atoms with Gasteiger partial charge in [-0.15, -0.1) is 0 Å². The van der Waals surface area contributed by atoms with Crippen LogP contribution in [0, 0.1) is 5.82 Å². The van der Waals surface area contributed by atoms with Crippen molar-refractivity contribution in [3.63, 3.8) is 0 Å². The minimum absolute atomic E-state index is 0.0686. The Kier molecular flexibility index (Phi) is 5.68. The summed E-state index contributed by atoms with van der Waals surface area (Å²) >= 11 is 0. The topological polar surface area (TPSA) is 67.4 Å². The lowest BCUT2D eigenvalue weighted by atomic mass is 10.2. The highest BCUT2D eigenvalue weighted by Crippen LogP contribution is 2.12. The Morgan fingerprint density at radius 2 is 1.74 bits per heavy atom. The minimum Gasteiger partial charge on any atom is -0.484 e. The quantitative estimate of drug-likeness (QED) is 0.859. The highest BCUT2D eigenvalue weighted by atomic mass is 19.1. The van der Waals surface area contributed by atoms with Gasteiger partial charge in [-0.25, -0.2) is 4.39 Å². The summed E-state index contributed by atoms with van der Waals surface area (Å²) in [6, 6.07) is 13.9. The number of hydrogen-bond donors (Lipinski definition) is 2. The summed E-state index contributed by atoms with van der Waals surface area (Å²) in [7, 11) is 0. The summed E-state index contributed by atoms with van der Waals surface area (Å²) < 4.78 is 18.7. The van der Waals surface area contributed by atoms with Crippen LogP contribution in [0.2, 0.25) is 0 Å². The lowest BCUT2D eigenvalue weighted by molar-refractivity contribution is -0.127. The van der Waals surface area contributed by atoms with Crippen molar-refractivity contribution in [3.8, 4) is 5.75 Å². The first-order valence-corrected chi connectivity index (χ1v) is 7.09. The van der Waals surface area contributed by atoms with Crippen LogP contribution in [-0.2, 0) is 9.59 Å². The van der Waals surface area contributed by atoms with Gasteiger partial charge in [-0.05, 0) is 31.2 Å². The van der Waals surface area contributed by atoms with Gasteiger partial charge in [-0.2, -0.15) is 0 Å². The summed E-state index contributed by atoms with van der Waals surface area (Å²) in [6.45, 7) is 1.30. The van der Waals surface area contributed by atoms with Crippen LogP contribution in [0.5, 0.6) is 5.75 Å². The van der Waals surface area contributed by atoms with Gasteiger partial charge in [-0.3, -0.25) is 9.59 Å². The average molecular weight is 316 g/mol. The molecule has 0 aromatic heterocycles. The number of anilines is 1. The van der Waals surface area contributed by atoms with Gasteiger partial charge in [-0.1, -0.05) is 30.3 Å². The van der Waals surface area contributed by atoms with Gasteiger partial charge in [0.15, 0.2) is 6.61 Å². The van der Waals surface area contributed by atoms with E-state index in [1.54, 1.807) is 30.3 Å². The number of benzene rings is 2. The maximum absolute atomic E-state index is 13.5. The molecule has 0 aliphatic heterocycles. The third kappa shape index (κ3) is 5.10. The van der Waals surface area contributed by atoms with Gasteiger partial charge in [0.1, 0.15) is 17.6 Å². The van der Waals surface area contributed by atoms with Crippen molar-refractivity contribution in [2.75, 3.05) is 11.9 Å². The molecule has 1 atom stereocenters. The van der Waals surface area contributed by atoms with Crippen LogP contribution in [0.25, 0.3) is 0 Å². The number of rotatable bonds is 6. The first-order chi connectivity index (χ1) is 11.1. The largest absolute Gasteiger partial charge is 0.484 e. The zero-order valence-corrected chi connectivity index (χ0v) is 12.6. The van der Waals surface area contributed by atoms with Crippen LogP contribution in [0.1, 0.15) is 6.92 Å². The Morgan fingerprint density at radius 3 is 2.43 bits per heavy atom. The molecule has 23 heavy (non-hydrogen) atoms. The van der Waals surface area contributed by atoms with Crippen LogP contribution < -0.4 is 15.4 Å². The standard InChI is InChI=1S/C17H17FN2O3/c1-12(17(22)20-15-10-6-5-9-14(15)18)19-16(21)11-23-13-7-3-2-4-8-13/h2-10,12H,11H2,1H3,(H,19,21)(H,20,22). The fourth-order valence-electron chi connectivity index (χ4n) is 1.82. The van der Waals surface area contributed by atoms with Gasteiger partial charge in [0.2, 0.25) is 5.91 Å². The second-order valence-corrected chi connectivity index (χ2v) is 4.86. The van der Waals surface area contributed by atoms with Crippen molar-refractivity contribution in [2.45, 2.75) is 13.0 Å². The van der Waals surface area contributed by atoms with Crippen molar-refractivity contribution in [2.24, 2.45) is 0 Å². The molecule has 1 unspecified atom stereocenters. The first kappa shape index (κ1) is 16.5. The molecule has 5 nitrogen and oxygen atoms in total. The minimum atomic E-state index is -0.818. The Morgan fingerprint density at radius 1 is 1.09 bits per heavy atom. The number of carbonyl (C=O) groups is 2. The molecule has 0 radical (unpaired) electrons. The fraction of sp³-hybridized carbons (Fsp3) is 0.176. The third-order valence-corrected chi connectivity index (χ3v) is 3.02. The predicted octanol–water partition coefficient (Wildman–Crippen LogP) is 2.35. The average Bonchev–Trinajstić information content (AvgIpc) is 2.56. The van der Waals surface area contributed by atoms with Gasteiger partial charge >= 0.3 is 0 Å². The summed E-state index contributed by atoms with van der Waals surface area (Å²) in [5, 5.41) is 4.91. The summed E-state index contributed by atoms with van der Waals surface area (Å²) in [6.07, 6.45) is 0. The second kappa shape index (κ2) is 7.93. The molecule has 2 aromatic carbocycles. The molecule has 6 heteroatoms. The van der Waals surface area contributed by atoms with Crippen LogP contribution in [0.3, 0.4) is 0 Å². The number of amides is 2. The van der Waals surface area contributed by atoms with Crippen molar-refractivity contribution in [1.29, 1.82) is 0 Å². The van der Waals surface area contributed by atoms with Crippen LogP contribution in [0.15, 0.2) is 54.6 Å². The Hall–Kier alpha value is -2.89. The van der Waals surface area contributed by atoms with E-state index in [0.717, 1.165) is 0 Å². The smallest absolute Gasteiger partial charge is 0.258 e. The van der Waals surface area contributed by atoms with Crippen LogP contribution in [0.4, 0.5) is 10.1 Å². The molecule has 0 fully saturated rings. The van der Waals surface area contributed by atoms with E-state index in [1.165, 1.54) is 25.1 Å². The molecule has 120 valence electrons. The number of halogens is 1. The van der Waals surface area contributed by atoms with E-state index in [-0.39, 0.29) is 12.3 Å². The molecular weight excluding hydrogens is 299 g/mol. The van der Waals surface area contributed by atoms with E-state index in [1.807, 2.05) is 6.07 Å². The summed E-state index contributed by atoms with van der Waals surface area (Å²) in [4.78, 5) is 23.7. The van der Waals surface area contributed by atoms with E-state index < -0.39 is 23.7 Å². The molecule has 0 aliphatic rings. The summed E-state index contributed by atoms with van der Waals surface area (Å²) in [5.41, 5.74) is 0.0686. The number of nitrogens with one attached hydrogen (secondary N) is 2. The molecule has 0 heterocycles. The second-order valence-electron chi connectivity index (χ2n) is 4.86. The van der Waals surface area contributed by atoms with Crippen LogP contribution >= 0.6 is 0 Å². The zero-order valence-electron chi connectivity index (χ0n) is 12.6. The molecule has 2 N–H and O–H groups in total. The SMILES string of the molecule is CC(NC(=O)COc1ccccc1)C(=O)Nc1ccccc1F. The molecule has 2 aromatic rings. The zero-order chi connectivity index (χ0) is 16.7. The normalized spacial score (nSPS) is 11.4. The first-order valence-electron chi connectivity index (χ1n) is 7.09. The number of hydrogen-bond acceptors (Lipinski definition) is 3. The molecule has 0 spiro atoms. The fourth-order valence-corrected chi connectivity index (χ4v) is 1.82. The van der Waals surface area contributed by atoms with Gasteiger partial charge in [0.05, 0.1) is 5.69 Å². The van der Waals surface area contributed by atoms with Gasteiger partial charge in [0.25, 0.3) is 5.91 Å². The highest BCUT2D eigenvalue weighted by molar-refractivity contribution is 5.97. The molecule has 0 aliphatic carbocycles. The number of para-hydroxylation sites is 2. The number of ether oxygens (including phenoxy) is 1. The van der Waals surface area contributed by atoms with Gasteiger partial charge < -0.3 is 15.4 Å². The van der Waals surface area contributed by atoms with Crippen LogP contribution in [-0.4, -0.2) is 24.5 Å². The Balaban J connectivity index is 1.81. The van der Waals surface area contributed by atoms with Crippen molar-refractivity contribution < 1.29 is 18.7 Å². The van der Waals surface area contributed by atoms with Crippen molar-refractivity contribution >= 4 is 17.5 Å². The Bertz CT molecular complexity index is 677. The molecule has 2 rings (SSSR count). The van der Waals surface area contributed by atoms with E-state index in [4.69, 9.17) is 4.74 Å². The van der Waals surface area contributed by atoms with E-state index in [9.17, 15) is 14.0 Å². The Labute approximate surface area is 133 Å². The lowest BCUT2D eigenvalue weighted by Crippen LogP contribution is -2.43. The van der Waals surface area contributed by atoms with E-state index in [2.05, 4.69) is 10.6 Å². The number of carbonyl (C=O) groups excluding carboxylic acids is 2. The monoisotopic (exact) mass is 316 g/mol. The van der Waals surface area contributed by atoms with E-state index >= 15 is 0 Å². The lowest BCUT2D eigenvalue weighted by Gasteiger charge is -2.14. The molecule has 2 amide bonds. The maximum atomic E-state index is 13.5. The molecular formula is C17H17FN2O3. The van der Waals surface area contributed by atoms with Gasteiger partial charge in [0, 0.05) is 0 Å². The summed E-state index contributed by atoms with van der Waals surface area (Å²) in [5.74, 6) is -0.925. The highest BCUT2D eigenvalue weighted by Gasteiger charge is 2.17. The third-order valence-electron chi connectivity index (χ3n) is 3.02. The predicted molar refractivity (Wildman–Crippen MR) is 84.6 cm³/mol. The molecule has 0 bridgehead atoms. The van der Waals surface area contributed by atoms with Crippen molar-refractivity contribution in [1.82, 2.24) is 5.32 Å². The van der Waals surface area contributed by atoms with Crippen molar-refractivity contribution in [3.05, 3.63) is 60.4 Å². The maximum Gasteiger partial charge on any atom is 0.258 e. The molecule has 0 saturated heterocycles. The van der Waals surface area contributed by atoms with E-state index in [0.29, 0.717) is 5.75 Å². The molecule has 0 saturated carbocycles.